The number of carbonyl (C=O) groups is 1. The Morgan fingerprint density at radius 1 is 1.53 bits per heavy atom. The molecule has 1 rings (SSSR count). The fraction of sp³-hybridized carbons (Fsp3) is 0.500. The molecular formula is C14H20BrNO3. The van der Waals surface area contributed by atoms with Crippen LogP contribution in [0.15, 0.2) is 22.7 Å². The molecule has 1 aromatic rings. The summed E-state index contributed by atoms with van der Waals surface area (Å²) in [6.07, 6.45) is 0.346. The second-order valence-corrected chi connectivity index (χ2v) is 6.03. The van der Waals surface area contributed by atoms with Crippen LogP contribution in [-0.2, 0) is 4.79 Å². The van der Waals surface area contributed by atoms with Crippen LogP contribution >= 0.6 is 15.9 Å². The molecule has 4 nitrogen and oxygen atoms in total. The van der Waals surface area contributed by atoms with Gasteiger partial charge < -0.3 is 15.6 Å². The fourth-order valence-corrected chi connectivity index (χ4v) is 2.22. The molecule has 0 saturated heterocycles. The Labute approximate surface area is 122 Å². The first-order valence-electron chi connectivity index (χ1n) is 6.19. The number of hydrogen-bond acceptors (Lipinski definition) is 3. The SMILES string of the molecule is CCOc1ccc(Br)cc1C(N)CC(C)(C)C(=O)O. The molecule has 19 heavy (non-hydrogen) atoms. The van der Waals surface area contributed by atoms with E-state index in [0.29, 0.717) is 18.8 Å². The van der Waals surface area contributed by atoms with Crippen molar-refractivity contribution in [1.29, 1.82) is 0 Å². The lowest BCUT2D eigenvalue weighted by molar-refractivity contribution is -0.147. The van der Waals surface area contributed by atoms with E-state index in [-0.39, 0.29) is 6.04 Å². The zero-order chi connectivity index (χ0) is 14.6. The predicted octanol–water partition coefficient (Wildman–Crippen LogP) is 3.35. The summed E-state index contributed by atoms with van der Waals surface area (Å²) in [6, 6.07) is 5.22. The van der Waals surface area contributed by atoms with Crippen LogP contribution in [0.25, 0.3) is 0 Å². The van der Waals surface area contributed by atoms with Gasteiger partial charge in [0.05, 0.1) is 12.0 Å². The van der Waals surface area contributed by atoms with Crippen molar-refractivity contribution in [2.75, 3.05) is 6.61 Å². The summed E-state index contributed by atoms with van der Waals surface area (Å²) in [6.45, 7) is 5.79. The van der Waals surface area contributed by atoms with Crippen molar-refractivity contribution < 1.29 is 14.6 Å². The van der Waals surface area contributed by atoms with Gasteiger partial charge in [0.25, 0.3) is 0 Å². The van der Waals surface area contributed by atoms with E-state index in [0.717, 1.165) is 10.0 Å². The molecule has 3 N–H and O–H groups in total. The van der Waals surface area contributed by atoms with Crippen LogP contribution in [0.4, 0.5) is 0 Å². The normalized spacial score (nSPS) is 13.1. The van der Waals surface area contributed by atoms with Crippen molar-refractivity contribution in [3.05, 3.63) is 28.2 Å². The maximum absolute atomic E-state index is 11.2. The molecular weight excluding hydrogens is 310 g/mol. The minimum atomic E-state index is -0.870. The average molecular weight is 330 g/mol. The predicted molar refractivity (Wildman–Crippen MR) is 78.3 cm³/mol. The van der Waals surface area contributed by atoms with Gasteiger partial charge in [-0.1, -0.05) is 15.9 Å². The summed E-state index contributed by atoms with van der Waals surface area (Å²) in [7, 11) is 0. The van der Waals surface area contributed by atoms with Crippen LogP contribution in [-0.4, -0.2) is 17.7 Å². The summed E-state index contributed by atoms with van der Waals surface area (Å²) < 4.78 is 6.44. The standard InChI is InChI=1S/C14H20BrNO3/c1-4-19-12-6-5-9(15)7-10(12)11(16)8-14(2,3)13(17)18/h5-7,11H,4,8,16H2,1-3H3,(H,17,18). The molecule has 0 radical (unpaired) electrons. The van der Waals surface area contributed by atoms with Gasteiger partial charge in [0, 0.05) is 16.1 Å². The molecule has 0 aromatic heterocycles. The zero-order valence-corrected chi connectivity index (χ0v) is 13.0. The molecule has 1 aromatic carbocycles. The molecule has 0 amide bonds. The Bertz CT molecular complexity index is 460. The first-order chi connectivity index (χ1) is 8.77. The smallest absolute Gasteiger partial charge is 0.309 e. The van der Waals surface area contributed by atoms with E-state index in [1.165, 1.54) is 0 Å². The van der Waals surface area contributed by atoms with E-state index in [1.807, 2.05) is 25.1 Å². The quantitative estimate of drug-likeness (QED) is 0.839. The van der Waals surface area contributed by atoms with Crippen molar-refractivity contribution in [2.24, 2.45) is 11.1 Å². The third-order valence-electron chi connectivity index (χ3n) is 2.98. The Kier molecular flexibility index (Phi) is 5.38. The number of carboxylic acids is 1. The molecule has 0 spiro atoms. The van der Waals surface area contributed by atoms with Crippen LogP contribution in [0.5, 0.6) is 5.75 Å². The summed E-state index contributed by atoms with van der Waals surface area (Å²) in [5, 5.41) is 9.17. The third-order valence-corrected chi connectivity index (χ3v) is 3.47. The second kappa shape index (κ2) is 6.39. The highest BCUT2D eigenvalue weighted by molar-refractivity contribution is 9.10. The van der Waals surface area contributed by atoms with Crippen LogP contribution in [0.2, 0.25) is 0 Å². The number of benzene rings is 1. The molecule has 0 saturated carbocycles. The topological polar surface area (TPSA) is 72.5 Å². The van der Waals surface area contributed by atoms with E-state index in [1.54, 1.807) is 13.8 Å². The van der Waals surface area contributed by atoms with E-state index in [9.17, 15) is 4.79 Å². The van der Waals surface area contributed by atoms with Crippen LogP contribution in [0, 0.1) is 5.41 Å². The van der Waals surface area contributed by atoms with Crippen LogP contribution in [0.3, 0.4) is 0 Å². The van der Waals surface area contributed by atoms with Crippen molar-refractivity contribution >= 4 is 21.9 Å². The fourth-order valence-electron chi connectivity index (χ4n) is 1.84. The second-order valence-electron chi connectivity index (χ2n) is 5.11. The van der Waals surface area contributed by atoms with Crippen molar-refractivity contribution in [1.82, 2.24) is 0 Å². The first kappa shape index (κ1) is 16.0. The van der Waals surface area contributed by atoms with Gasteiger partial charge in [-0.15, -0.1) is 0 Å². The van der Waals surface area contributed by atoms with Crippen molar-refractivity contribution in [3.8, 4) is 5.75 Å². The Morgan fingerprint density at radius 2 is 2.16 bits per heavy atom. The van der Waals surface area contributed by atoms with Gasteiger partial charge in [-0.25, -0.2) is 0 Å². The third kappa shape index (κ3) is 4.21. The Balaban J connectivity index is 3.01. The number of ether oxygens (including phenoxy) is 1. The van der Waals surface area contributed by atoms with E-state index in [2.05, 4.69) is 15.9 Å². The van der Waals surface area contributed by atoms with E-state index in [4.69, 9.17) is 15.6 Å². The van der Waals surface area contributed by atoms with Crippen molar-refractivity contribution in [3.63, 3.8) is 0 Å². The van der Waals surface area contributed by atoms with Gasteiger partial charge in [0.15, 0.2) is 0 Å². The van der Waals surface area contributed by atoms with Gasteiger partial charge in [0.2, 0.25) is 0 Å². The maximum Gasteiger partial charge on any atom is 0.309 e. The molecule has 1 atom stereocenters. The summed E-state index contributed by atoms with van der Waals surface area (Å²) >= 11 is 3.40. The van der Waals surface area contributed by atoms with E-state index >= 15 is 0 Å². The molecule has 0 fully saturated rings. The lowest BCUT2D eigenvalue weighted by Gasteiger charge is -2.25. The lowest BCUT2D eigenvalue weighted by Crippen LogP contribution is -2.29. The minimum Gasteiger partial charge on any atom is -0.494 e. The number of nitrogens with two attached hydrogens (primary N) is 1. The van der Waals surface area contributed by atoms with Gasteiger partial charge in [0.1, 0.15) is 5.75 Å². The number of halogens is 1. The summed E-state index contributed by atoms with van der Waals surface area (Å²) in [4.78, 5) is 11.2. The maximum atomic E-state index is 11.2. The minimum absolute atomic E-state index is 0.346. The number of rotatable bonds is 6. The number of hydrogen-bond donors (Lipinski definition) is 2. The molecule has 0 bridgehead atoms. The van der Waals surface area contributed by atoms with Crippen LogP contribution < -0.4 is 10.5 Å². The molecule has 0 aliphatic rings. The Hall–Kier alpha value is -1.07. The molecule has 0 aliphatic heterocycles. The van der Waals surface area contributed by atoms with E-state index < -0.39 is 11.4 Å². The lowest BCUT2D eigenvalue weighted by atomic mass is 9.84. The average Bonchev–Trinajstić information content (AvgIpc) is 2.30. The first-order valence-corrected chi connectivity index (χ1v) is 6.98. The van der Waals surface area contributed by atoms with Crippen LogP contribution in [0.1, 0.15) is 38.8 Å². The highest BCUT2D eigenvalue weighted by Gasteiger charge is 2.30. The molecule has 5 heteroatoms. The number of aliphatic carboxylic acids is 1. The van der Waals surface area contributed by atoms with Gasteiger partial charge >= 0.3 is 5.97 Å². The molecule has 0 heterocycles. The zero-order valence-electron chi connectivity index (χ0n) is 11.4. The van der Waals surface area contributed by atoms with Gasteiger partial charge in [-0.3, -0.25) is 4.79 Å². The molecule has 1 unspecified atom stereocenters. The van der Waals surface area contributed by atoms with Crippen molar-refractivity contribution in [2.45, 2.75) is 33.2 Å². The molecule has 0 aliphatic carbocycles. The summed E-state index contributed by atoms with van der Waals surface area (Å²) in [5.41, 5.74) is 6.11. The molecule has 106 valence electrons. The highest BCUT2D eigenvalue weighted by atomic mass is 79.9. The number of carboxylic acid groups (broad SMARTS) is 1. The van der Waals surface area contributed by atoms with Gasteiger partial charge in [-0.2, -0.15) is 0 Å². The monoisotopic (exact) mass is 329 g/mol. The Morgan fingerprint density at radius 3 is 2.68 bits per heavy atom. The largest absolute Gasteiger partial charge is 0.494 e. The van der Waals surface area contributed by atoms with Gasteiger partial charge in [-0.05, 0) is 45.4 Å². The summed E-state index contributed by atoms with van der Waals surface area (Å²) in [5.74, 6) is -0.143. The highest BCUT2D eigenvalue weighted by Crippen LogP contribution is 2.34.